The molecule has 0 aromatic heterocycles. The van der Waals surface area contributed by atoms with Gasteiger partial charge in [0.25, 0.3) is 0 Å². The Morgan fingerprint density at radius 1 is 1.58 bits per heavy atom. The molecular formula is C11H13O. The second-order valence-electron chi connectivity index (χ2n) is 2.54. The normalized spacial score (nSPS) is 10.5. The molecule has 0 saturated heterocycles. The molecule has 0 aliphatic rings. The van der Waals surface area contributed by atoms with Gasteiger partial charge in [-0.15, -0.1) is 0 Å². The predicted molar refractivity (Wildman–Crippen MR) is 50.3 cm³/mol. The van der Waals surface area contributed by atoms with Gasteiger partial charge < -0.3 is 4.74 Å². The van der Waals surface area contributed by atoms with Gasteiger partial charge in [0.05, 0.1) is 0 Å². The summed E-state index contributed by atoms with van der Waals surface area (Å²) >= 11 is 0. The summed E-state index contributed by atoms with van der Waals surface area (Å²) in [5.74, 6) is 0.913. The van der Waals surface area contributed by atoms with Crippen molar-refractivity contribution in [1.82, 2.24) is 0 Å². The molecule has 0 atom stereocenters. The van der Waals surface area contributed by atoms with Crippen molar-refractivity contribution in [3.8, 4) is 5.75 Å². The molecule has 1 aromatic carbocycles. The molecule has 0 spiro atoms. The van der Waals surface area contributed by atoms with Crippen molar-refractivity contribution in [2.75, 3.05) is 6.61 Å². The maximum Gasteiger partial charge on any atom is 0.123 e. The smallest absolute Gasteiger partial charge is 0.123 e. The van der Waals surface area contributed by atoms with Crippen LogP contribution >= 0.6 is 0 Å². The zero-order valence-electron chi connectivity index (χ0n) is 7.50. The van der Waals surface area contributed by atoms with Gasteiger partial charge in [0.2, 0.25) is 0 Å². The zero-order valence-corrected chi connectivity index (χ0v) is 7.50. The van der Waals surface area contributed by atoms with Crippen LogP contribution in [0.5, 0.6) is 5.75 Å². The third kappa shape index (κ3) is 2.42. The molecule has 0 N–H and O–H groups in total. The summed E-state index contributed by atoms with van der Waals surface area (Å²) in [4.78, 5) is 0. The molecule has 0 aliphatic heterocycles. The summed E-state index contributed by atoms with van der Waals surface area (Å²) in [5.41, 5.74) is 1.06. The van der Waals surface area contributed by atoms with Crippen LogP contribution in [0.15, 0.2) is 30.4 Å². The van der Waals surface area contributed by atoms with Gasteiger partial charge in [-0.25, -0.2) is 0 Å². The van der Waals surface area contributed by atoms with E-state index in [0.29, 0.717) is 6.61 Å². The largest absolute Gasteiger partial charge is 0.489 e. The van der Waals surface area contributed by atoms with E-state index in [1.165, 1.54) is 0 Å². The molecule has 0 unspecified atom stereocenters. The molecule has 63 valence electrons. The topological polar surface area (TPSA) is 9.23 Å². The van der Waals surface area contributed by atoms with Crippen LogP contribution in [-0.4, -0.2) is 6.61 Å². The lowest BCUT2D eigenvalue weighted by Crippen LogP contribution is -1.94. The van der Waals surface area contributed by atoms with Gasteiger partial charge in [0.1, 0.15) is 12.4 Å². The first kappa shape index (κ1) is 8.85. The van der Waals surface area contributed by atoms with E-state index in [1.54, 1.807) is 0 Å². The molecule has 1 radical (unpaired) electrons. The van der Waals surface area contributed by atoms with Crippen LogP contribution in [0.25, 0.3) is 0 Å². The standard InChI is InChI=1S/C11H13O/c1-3-4-9-12-11-8-6-5-7-10(11)2/h3-6,8H,9H2,1-2H3. The van der Waals surface area contributed by atoms with Crippen LogP contribution in [0.1, 0.15) is 12.5 Å². The van der Waals surface area contributed by atoms with E-state index in [0.717, 1.165) is 11.3 Å². The molecule has 0 saturated carbocycles. The van der Waals surface area contributed by atoms with Crippen molar-refractivity contribution in [3.05, 3.63) is 42.0 Å². The van der Waals surface area contributed by atoms with Crippen molar-refractivity contribution in [1.29, 1.82) is 0 Å². The lowest BCUT2D eigenvalue weighted by molar-refractivity contribution is 0.360. The molecule has 1 aromatic rings. The first-order valence-electron chi connectivity index (χ1n) is 4.06. The highest BCUT2D eigenvalue weighted by atomic mass is 16.5. The molecule has 0 aliphatic carbocycles. The summed E-state index contributed by atoms with van der Waals surface area (Å²) in [6, 6.07) is 8.85. The summed E-state index contributed by atoms with van der Waals surface area (Å²) in [7, 11) is 0. The molecular weight excluding hydrogens is 148 g/mol. The number of ether oxygens (including phenoxy) is 1. The number of aryl methyl sites for hydroxylation is 1. The van der Waals surface area contributed by atoms with Crippen LogP contribution in [0, 0.1) is 13.0 Å². The second-order valence-corrected chi connectivity index (χ2v) is 2.54. The van der Waals surface area contributed by atoms with E-state index in [1.807, 2.05) is 44.2 Å². The van der Waals surface area contributed by atoms with Crippen molar-refractivity contribution >= 4 is 0 Å². The van der Waals surface area contributed by atoms with E-state index in [4.69, 9.17) is 4.74 Å². The van der Waals surface area contributed by atoms with Gasteiger partial charge in [-0.3, -0.25) is 0 Å². The number of hydrogen-bond acceptors (Lipinski definition) is 1. The Morgan fingerprint density at radius 2 is 2.42 bits per heavy atom. The zero-order chi connectivity index (χ0) is 8.81. The minimum atomic E-state index is 0.634. The minimum Gasteiger partial charge on any atom is -0.489 e. The lowest BCUT2D eigenvalue weighted by atomic mass is 10.2. The average Bonchev–Trinajstić information content (AvgIpc) is 2.09. The highest BCUT2D eigenvalue weighted by Gasteiger charge is 1.94. The fourth-order valence-electron chi connectivity index (χ4n) is 0.895. The fourth-order valence-corrected chi connectivity index (χ4v) is 0.895. The molecule has 12 heavy (non-hydrogen) atoms. The number of benzene rings is 1. The van der Waals surface area contributed by atoms with Crippen LogP contribution in [0.4, 0.5) is 0 Å². The second kappa shape index (κ2) is 4.60. The molecule has 0 fully saturated rings. The van der Waals surface area contributed by atoms with Gasteiger partial charge in [-0.2, -0.15) is 0 Å². The molecule has 0 heterocycles. The Hall–Kier alpha value is -1.24. The molecule has 0 bridgehead atoms. The summed E-state index contributed by atoms with van der Waals surface area (Å²) < 4.78 is 5.46. The van der Waals surface area contributed by atoms with E-state index in [9.17, 15) is 0 Å². The van der Waals surface area contributed by atoms with E-state index in [2.05, 4.69) is 6.07 Å². The molecule has 1 nitrogen and oxygen atoms in total. The van der Waals surface area contributed by atoms with Crippen LogP contribution in [-0.2, 0) is 0 Å². The maximum absolute atomic E-state index is 5.46. The van der Waals surface area contributed by atoms with E-state index >= 15 is 0 Å². The summed E-state index contributed by atoms with van der Waals surface area (Å²) in [5, 5.41) is 0. The third-order valence-electron chi connectivity index (χ3n) is 1.58. The Labute approximate surface area is 73.7 Å². The first-order valence-corrected chi connectivity index (χ1v) is 4.06. The number of rotatable bonds is 3. The van der Waals surface area contributed by atoms with Gasteiger partial charge in [0.15, 0.2) is 0 Å². The maximum atomic E-state index is 5.46. The summed E-state index contributed by atoms with van der Waals surface area (Å²) in [6.07, 6.45) is 3.95. The summed E-state index contributed by atoms with van der Waals surface area (Å²) in [6.45, 7) is 4.60. The number of hydrogen-bond donors (Lipinski definition) is 0. The monoisotopic (exact) mass is 161 g/mol. The molecule has 1 rings (SSSR count). The Balaban J connectivity index is 2.57. The van der Waals surface area contributed by atoms with Gasteiger partial charge in [-0.1, -0.05) is 24.3 Å². The molecule has 1 heteroatoms. The van der Waals surface area contributed by atoms with Crippen LogP contribution in [0.2, 0.25) is 0 Å². The van der Waals surface area contributed by atoms with Crippen molar-refractivity contribution in [3.63, 3.8) is 0 Å². The Kier molecular flexibility index (Phi) is 3.39. The highest BCUT2D eigenvalue weighted by molar-refractivity contribution is 5.30. The van der Waals surface area contributed by atoms with Crippen molar-refractivity contribution in [2.24, 2.45) is 0 Å². The van der Waals surface area contributed by atoms with Crippen molar-refractivity contribution in [2.45, 2.75) is 13.8 Å². The van der Waals surface area contributed by atoms with Crippen LogP contribution in [0.3, 0.4) is 0 Å². The van der Waals surface area contributed by atoms with Gasteiger partial charge in [-0.05, 0) is 31.5 Å². The minimum absolute atomic E-state index is 0.634. The lowest BCUT2D eigenvalue weighted by Gasteiger charge is -2.04. The quantitative estimate of drug-likeness (QED) is 0.619. The number of allylic oxidation sites excluding steroid dienone is 1. The Morgan fingerprint density at radius 3 is 3.08 bits per heavy atom. The van der Waals surface area contributed by atoms with Crippen LogP contribution < -0.4 is 4.74 Å². The average molecular weight is 161 g/mol. The van der Waals surface area contributed by atoms with Crippen molar-refractivity contribution < 1.29 is 4.74 Å². The van der Waals surface area contributed by atoms with Gasteiger partial charge in [0, 0.05) is 0 Å². The van der Waals surface area contributed by atoms with E-state index in [-0.39, 0.29) is 0 Å². The SMILES string of the molecule is CC=CCOc1ccc[c]c1C. The van der Waals surface area contributed by atoms with Gasteiger partial charge >= 0.3 is 0 Å². The Bertz CT molecular complexity index is 263. The molecule has 0 amide bonds. The predicted octanol–water partition coefficient (Wildman–Crippen LogP) is 2.75. The third-order valence-corrected chi connectivity index (χ3v) is 1.58. The fraction of sp³-hybridized carbons (Fsp3) is 0.273. The van der Waals surface area contributed by atoms with E-state index < -0.39 is 0 Å². The highest BCUT2D eigenvalue weighted by Crippen LogP contribution is 2.15. The first-order chi connectivity index (χ1) is 5.84.